The van der Waals surface area contributed by atoms with Crippen molar-refractivity contribution in [3.8, 4) is 0 Å². The van der Waals surface area contributed by atoms with Gasteiger partial charge in [0.1, 0.15) is 0 Å². The van der Waals surface area contributed by atoms with E-state index in [1.165, 1.54) is 38.5 Å². The Morgan fingerprint density at radius 3 is 2.53 bits per heavy atom. The minimum absolute atomic E-state index is 0.231. The summed E-state index contributed by atoms with van der Waals surface area (Å²) < 4.78 is 0. The Balaban J connectivity index is 2.03. The SMILES string of the molecule is CCCCCCCCCC(=O)N(C)Cc1cn[nH]c1. The maximum atomic E-state index is 11.9. The zero-order valence-electron chi connectivity index (χ0n) is 12.3. The zero-order valence-corrected chi connectivity index (χ0v) is 12.3. The third-order valence-corrected chi connectivity index (χ3v) is 3.39. The lowest BCUT2D eigenvalue weighted by molar-refractivity contribution is -0.130. The third-order valence-electron chi connectivity index (χ3n) is 3.39. The molecule has 0 fully saturated rings. The highest BCUT2D eigenvalue weighted by Gasteiger charge is 2.09. The molecule has 0 aromatic carbocycles. The van der Waals surface area contributed by atoms with Crippen LogP contribution >= 0.6 is 0 Å². The number of carbonyl (C=O) groups excluding carboxylic acids is 1. The highest BCUT2D eigenvalue weighted by atomic mass is 16.2. The van der Waals surface area contributed by atoms with Crippen LogP contribution in [-0.4, -0.2) is 28.1 Å². The predicted octanol–water partition coefficient (Wildman–Crippen LogP) is 3.51. The lowest BCUT2D eigenvalue weighted by Crippen LogP contribution is -2.25. The second-order valence-electron chi connectivity index (χ2n) is 5.23. The first-order valence-electron chi connectivity index (χ1n) is 7.45. The standard InChI is InChI=1S/C15H27N3O/c1-3-4-5-6-7-8-9-10-15(19)18(2)13-14-11-16-17-12-14/h11-12H,3-10,13H2,1-2H3,(H,16,17). The van der Waals surface area contributed by atoms with Gasteiger partial charge in [-0.25, -0.2) is 0 Å². The highest BCUT2D eigenvalue weighted by molar-refractivity contribution is 5.75. The number of nitrogens with one attached hydrogen (secondary N) is 1. The molecule has 1 aromatic heterocycles. The molecule has 0 aliphatic rings. The number of nitrogens with zero attached hydrogens (tertiary/aromatic N) is 2. The van der Waals surface area contributed by atoms with Crippen molar-refractivity contribution in [2.75, 3.05) is 7.05 Å². The average molecular weight is 265 g/mol. The molecule has 19 heavy (non-hydrogen) atoms. The number of unbranched alkanes of at least 4 members (excludes halogenated alkanes) is 6. The monoisotopic (exact) mass is 265 g/mol. The number of aromatic nitrogens is 2. The Bertz CT molecular complexity index is 335. The molecule has 1 rings (SSSR count). The Morgan fingerprint density at radius 1 is 1.21 bits per heavy atom. The summed E-state index contributed by atoms with van der Waals surface area (Å²) in [5.74, 6) is 0.231. The minimum atomic E-state index is 0.231. The molecule has 1 N–H and O–H groups in total. The van der Waals surface area contributed by atoms with E-state index in [4.69, 9.17) is 0 Å². The second kappa shape index (κ2) is 9.59. The number of aromatic amines is 1. The number of carbonyl (C=O) groups is 1. The van der Waals surface area contributed by atoms with Gasteiger partial charge >= 0.3 is 0 Å². The van der Waals surface area contributed by atoms with E-state index in [0.29, 0.717) is 13.0 Å². The van der Waals surface area contributed by atoms with Gasteiger partial charge in [0.15, 0.2) is 0 Å². The summed E-state index contributed by atoms with van der Waals surface area (Å²) in [5.41, 5.74) is 1.05. The van der Waals surface area contributed by atoms with Gasteiger partial charge in [-0.3, -0.25) is 9.89 Å². The first-order valence-corrected chi connectivity index (χ1v) is 7.45. The molecule has 0 unspecified atom stereocenters. The molecule has 0 saturated heterocycles. The summed E-state index contributed by atoms with van der Waals surface area (Å²) >= 11 is 0. The molecule has 0 aliphatic heterocycles. The smallest absolute Gasteiger partial charge is 0.222 e. The first kappa shape index (κ1) is 15.7. The van der Waals surface area contributed by atoms with Crippen LogP contribution in [0.3, 0.4) is 0 Å². The molecule has 1 amide bonds. The molecule has 1 heterocycles. The first-order chi connectivity index (χ1) is 9.24. The molecule has 0 radical (unpaired) electrons. The van der Waals surface area contributed by atoms with E-state index >= 15 is 0 Å². The quantitative estimate of drug-likeness (QED) is 0.658. The number of hydrogen-bond donors (Lipinski definition) is 1. The van der Waals surface area contributed by atoms with Gasteiger partial charge in [0.05, 0.1) is 6.20 Å². The predicted molar refractivity (Wildman–Crippen MR) is 77.7 cm³/mol. The second-order valence-corrected chi connectivity index (χ2v) is 5.23. The molecule has 0 saturated carbocycles. The van der Waals surface area contributed by atoms with Gasteiger partial charge in [0.2, 0.25) is 5.91 Å². The van der Waals surface area contributed by atoms with Crippen LogP contribution in [0.5, 0.6) is 0 Å². The number of amides is 1. The Kier molecular flexibility index (Phi) is 7.94. The summed E-state index contributed by atoms with van der Waals surface area (Å²) in [6, 6.07) is 0. The maximum Gasteiger partial charge on any atom is 0.222 e. The molecule has 0 spiro atoms. The van der Waals surface area contributed by atoms with Gasteiger partial charge in [-0.2, -0.15) is 5.10 Å². The van der Waals surface area contributed by atoms with E-state index in [1.54, 1.807) is 11.1 Å². The molecule has 0 bridgehead atoms. The molecular formula is C15H27N3O. The van der Waals surface area contributed by atoms with Crippen molar-refractivity contribution in [3.05, 3.63) is 18.0 Å². The molecule has 0 atom stereocenters. The zero-order chi connectivity index (χ0) is 13.9. The van der Waals surface area contributed by atoms with Crippen LogP contribution in [0.15, 0.2) is 12.4 Å². The number of H-pyrrole nitrogens is 1. The van der Waals surface area contributed by atoms with Gasteiger partial charge < -0.3 is 4.90 Å². The van der Waals surface area contributed by atoms with Crippen molar-refractivity contribution in [2.45, 2.75) is 64.8 Å². The van der Waals surface area contributed by atoms with E-state index in [1.807, 2.05) is 13.2 Å². The van der Waals surface area contributed by atoms with Gasteiger partial charge in [-0.1, -0.05) is 45.4 Å². The van der Waals surface area contributed by atoms with Crippen LogP contribution in [0.4, 0.5) is 0 Å². The van der Waals surface area contributed by atoms with Crippen molar-refractivity contribution < 1.29 is 4.79 Å². The molecule has 4 nitrogen and oxygen atoms in total. The summed E-state index contributed by atoms with van der Waals surface area (Å²) in [4.78, 5) is 13.7. The minimum Gasteiger partial charge on any atom is -0.341 e. The van der Waals surface area contributed by atoms with Gasteiger partial charge in [-0.15, -0.1) is 0 Å². The van der Waals surface area contributed by atoms with Crippen LogP contribution in [0.2, 0.25) is 0 Å². The number of hydrogen-bond acceptors (Lipinski definition) is 2. The lowest BCUT2D eigenvalue weighted by atomic mass is 10.1. The Morgan fingerprint density at radius 2 is 1.89 bits per heavy atom. The summed E-state index contributed by atoms with van der Waals surface area (Å²) in [7, 11) is 1.86. The van der Waals surface area contributed by atoms with Crippen LogP contribution < -0.4 is 0 Å². The Labute approximate surface area is 116 Å². The van der Waals surface area contributed by atoms with Crippen molar-refractivity contribution in [1.82, 2.24) is 15.1 Å². The van der Waals surface area contributed by atoms with Crippen LogP contribution in [0.1, 0.15) is 63.9 Å². The van der Waals surface area contributed by atoms with E-state index in [9.17, 15) is 4.79 Å². The van der Waals surface area contributed by atoms with Gasteiger partial charge in [-0.05, 0) is 6.42 Å². The topological polar surface area (TPSA) is 49.0 Å². The molecule has 4 heteroatoms. The van der Waals surface area contributed by atoms with Gasteiger partial charge in [0.25, 0.3) is 0 Å². The van der Waals surface area contributed by atoms with Crippen molar-refractivity contribution >= 4 is 5.91 Å². The van der Waals surface area contributed by atoms with Crippen molar-refractivity contribution in [3.63, 3.8) is 0 Å². The lowest BCUT2D eigenvalue weighted by Gasteiger charge is -2.16. The molecular weight excluding hydrogens is 238 g/mol. The van der Waals surface area contributed by atoms with Crippen LogP contribution in [0.25, 0.3) is 0 Å². The maximum absolute atomic E-state index is 11.9. The fourth-order valence-electron chi connectivity index (χ4n) is 2.15. The third kappa shape index (κ3) is 6.99. The normalized spacial score (nSPS) is 10.6. The summed E-state index contributed by atoms with van der Waals surface area (Å²) in [6.45, 7) is 2.88. The molecule has 0 aliphatic carbocycles. The van der Waals surface area contributed by atoms with Crippen LogP contribution in [-0.2, 0) is 11.3 Å². The number of rotatable bonds is 10. The molecule has 1 aromatic rings. The highest BCUT2D eigenvalue weighted by Crippen LogP contribution is 2.10. The summed E-state index contributed by atoms with van der Waals surface area (Å²) in [5, 5.41) is 6.65. The fraction of sp³-hybridized carbons (Fsp3) is 0.733. The largest absolute Gasteiger partial charge is 0.341 e. The molecule has 108 valence electrons. The van der Waals surface area contributed by atoms with Crippen LogP contribution in [0, 0.1) is 0 Å². The average Bonchev–Trinajstić information content (AvgIpc) is 2.90. The van der Waals surface area contributed by atoms with Gasteiger partial charge in [0, 0.05) is 31.8 Å². The van der Waals surface area contributed by atoms with Crippen molar-refractivity contribution in [2.24, 2.45) is 0 Å². The van der Waals surface area contributed by atoms with E-state index < -0.39 is 0 Å². The van der Waals surface area contributed by atoms with E-state index in [-0.39, 0.29) is 5.91 Å². The van der Waals surface area contributed by atoms with E-state index in [0.717, 1.165) is 12.0 Å². The van der Waals surface area contributed by atoms with Crippen molar-refractivity contribution in [1.29, 1.82) is 0 Å². The van der Waals surface area contributed by atoms with E-state index in [2.05, 4.69) is 17.1 Å². The Hall–Kier alpha value is -1.32. The summed E-state index contributed by atoms with van der Waals surface area (Å²) in [6.07, 6.45) is 13.0. The fourth-order valence-corrected chi connectivity index (χ4v) is 2.15.